The second-order valence-electron chi connectivity index (χ2n) is 8.13. The normalized spacial score (nSPS) is 15.9. The molecule has 2 aromatic rings. The van der Waals surface area contributed by atoms with Crippen LogP contribution < -0.4 is 24.8 Å². The van der Waals surface area contributed by atoms with E-state index in [1.807, 2.05) is 20.8 Å². The fourth-order valence-corrected chi connectivity index (χ4v) is 3.39. The summed E-state index contributed by atoms with van der Waals surface area (Å²) in [6, 6.07) is 13.0. The van der Waals surface area contributed by atoms with Gasteiger partial charge in [0.25, 0.3) is 0 Å². The Hall–Kier alpha value is -0.696. The average Bonchev–Trinajstić information content (AvgIpc) is 2.71. The molecular formula is C24H31Cl2NTi-2. The molecule has 2 aromatic carbocycles. The van der Waals surface area contributed by atoms with Crippen LogP contribution in [0.2, 0.25) is 0 Å². The van der Waals surface area contributed by atoms with Gasteiger partial charge in [-0.25, -0.2) is 0 Å². The number of rotatable bonds is 1. The summed E-state index contributed by atoms with van der Waals surface area (Å²) in [7, 11) is 0. The van der Waals surface area contributed by atoms with Crippen LogP contribution >= 0.6 is 0 Å². The van der Waals surface area contributed by atoms with E-state index in [4.69, 9.17) is 5.73 Å². The minimum Gasteiger partial charge on any atom is -1.00 e. The van der Waals surface area contributed by atoms with E-state index in [-0.39, 0.29) is 52.1 Å². The predicted molar refractivity (Wildman–Crippen MR) is 113 cm³/mol. The summed E-state index contributed by atoms with van der Waals surface area (Å²) < 4.78 is 0. The van der Waals surface area contributed by atoms with Crippen molar-refractivity contribution < 1.29 is 46.5 Å². The number of nitrogens with one attached hydrogen (secondary N) is 1. The van der Waals surface area contributed by atoms with Gasteiger partial charge in [0.1, 0.15) is 0 Å². The fraction of sp³-hybridized carbons (Fsp3) is 0.375. The molecule has 1 aliphatic rings. The zero-order chi connectivity index (χ0) is 18.9. The van der Waals surface area contributed by atoms with Gasteiger partial charge in [0.2, 0.25) is 0 Å². The first-order valence-corrected chi connectivity index (χ1v) is 9.00. The Morgan fingerprint density at radius 3 is 1.86 bits per heavy atom. The molecule has 1 unspecified atom stereocenters. The SMILES string of the molecule is CC(C)(C)[NH-].[CH2-]c1c(C2=C(C)C(C)=C(C)C2C)ccc2ccccc12.[Cl-].[Cl-].[Ti+2]. The van der Waals surface area contributed by atoms with Gasteiger partial charge in [-0.1, -0.05) is 74.1 Å². The molecule has 0 amide bonds. The maximum Gasteiger partial charge on any atom is 2.00 e. The van der Waals surface area contributed by atoms with E-state index in [0.717, 1.165) is 5.56 Å². The van der Waals surface area contributed by atoms with Crippen LogP contribution in [0.4, 0.5) is 0 Å². The van der Waals surface area contributed by atoms with Crippen LogP contribution in [0.25, 0.3) is 22.1 Å². The van der Waals surface area contributed by atoms with Crippen LogP contribution in [0, 0.1) is 12.8 Å². The molecule has 1 N–H and O–H groups in total. The Kier molecular flexibility index (Phi) is 12.1. The summed E-state index contributed by atoms with van der Waals surface area (Å²) in [4.78, 5) is 0. The average molecular weight is 452 g/mol. The smallest absolute Gasteiger partial charge is 1.00 e. The summed E-state index contributed by atoms with van der Waals surface area (Å²) in [5.74, 6) is 0.497. The molecule has 0 radical (unpaired) electrons. The molecular weight excluding hydrogens is 421 g/mol. The number of fused-ring (bicyclic) bond motifs is 1. The molecule has 0 saturated carbocycles. The first-order valence-electron chi connectivity index (χ1n) is 9.00. The maximum absolute atomic E-state index is 6.94. The van der Waals surface area contributed by atoms with Crippen LogP contribution in [0.3, 0.4) is 0 Å². The van der Waals surface area contributed by atoms with Crippen molar-refractivity contribution in [1.82, 2.24) is 0 Å². The van der Waals surface area contributed by atoms with E-state index in [1.165, 1.54) is 38.6 Å². The summed E-state index contributed by atoms with van der Waals surface area (Å²) >= 11 is 0. The molecule has 3 rings (SSSR count). The van der Waals surface area contributed by atoms with Gasteiger partial charge in [-0.05, 0) is 32.3 Å². The van der Waals surface area contributed by atoms with Gasteiger partial charge < -0.3 is 30.5 Å². The quantitative estimate of drug-likeness (QED) is 0.464. The van der Waals surface area contributed by atoms with Crippen molar-refractivity contribution in [2.24, 2.45) is 5.92 Å². The summed E-state index contributed by atoms with van der Waals surface area (Å²) in [5.41, 5.74) is 15.0. The van der Waals surface area contributed by atoms with E-state index in [9.17, 15) is 0 Å². The Labute approximate surface area is 198 Å². The molecule has 0 spiro atoms. The van der Waals surface area contributed by atoms with Crippen molar-refractivity contribution in [2.75, 3.05) is 0 Å². The number of benzene rings is 2. The topological polar surface area (TPSA) is 23.8 Å². The van der Waals surface area contributed by atoms with Crippen LogP contribution in [-0.4, -0.2) is 5.54 Å². The predicted octanol–water partition coefficient (Wildman–Crippen LogP) is 1.62. The minimum atomic E-state index is -0.250. The third-order valence-corrected chi connectivity index (χ3v) is 4.97. The second-order valence-corrected chi connectivity index (χ2v) is 8.13. The van der Waals surface area contributed by atoms with E-state index in [2.05, 4.69) is 71.0 Å². The molecule has 1 nitrogen and oxygen atoms in total. The van der Waals surface area contributed by atoms with Crippen molar-refractivity contribution >= 4 is 16.3 Å². The second kappa shape index (κ2) is 11.5. The Morgan fingerprint density at radius 1 is 0.893 bits per heavy atom. The van der Waals surface area contributed by atoms with E-state index in [0.29, 0.717) is 5.92 Å². The van der Waals surface area contributed by atoms with Gasteiger partial charge in [-0.3, -0.25) is 0 Å². The monoisotopic (exact) mass is 451 g/mol. The molecule has 0 bridgehead atoms. The van der Waals surface area contributed by atoms with Crippen molar-refractivity contribution in [3.05, 3.63) is 76.9 Å². The van der Waals surface area contributed by atoms with Gasteiger partial charge in [-0.15, -0.1) is 28.6 Å². The van der Waals surface area contributed by atoms with Crippen LogP contribution in [0.15, 0.2) is 53.1 Å². The van der Waals surface area contributed by atoms with E-state index in [1.54, 1.807) is 0 Å². The first-order chi connectivity index (χ1) is 11.5. The van der Waals surface area contributed by atoms with Crippen LogP contribution in [0.5, 0.6) is 0 Å². The molecule has 28 heavy (non-hydrogen) atoms. The van der Waals surface area contributed by atoms with Gasteiger partial charge in [0.05, 0.1) is 0 Å². The zero-order valence-corrected chi connectivity index (χ0v) is 21.1. The molecule has 0 aromatic heterocycles. The summed E-state index contributed by atoms with van der Waals surface area (Å²) in [6.45, 7) is 19.0. The van der Waals surface area contributed by atoms with Crippen molar-refractivity contribution in [1.29, 1.82) is 0 Å². The molecule has 1 atom stereocenters. The van der Waals surface area contributed by atoms with Crippen LogP contribution in [-0.2, 0) is 21.7 Å². The van der Waals surface area contributed by atoms with Crippen molar-refractivity contribution in [3.63, 3.8) is 0 Å². The Bertz CT molecular complexity index is 855. The molecule has 152 valence electrons. The molecule has 1 aliphatic carbocycles. The van der Waals surface area contributed by atoms with Crippen molar-refractivity contribution in [2.45, 2.75) is 54.0 Å². The number of allylic oxidation sites excluding steroid dienone is 4. The largest absolute Gasteiger partial charge is 2.00 e. The summed E-state index contributed by atoms with van der Waals surface area (Å²) in [6.07, 6.45) is 0. The third kappa shape index (κ3) is 6.68. The third-order valence-electron chi connectivity index (χ3n) is 4.97. The molecule has 0 aliphatic heterocycles. The first kappa shape index (κ1) is 29.5. The summed E-state index contributed by atoms with van der Waals surface area (Å²) in [5, 5.41) is 2.53. The molecule has 4 heteroatoms. The van der Waals surface area contributed by atoms with Gasteiger partial charge >= 0.3 is 21.7 Å². The molecule has 0 heterocycles. The van der Waals surface area contributed by atoms with Crippen LogP contribution in [0.1, 0.15) is 59.6 Å². The molecule has 0 fully saturated rings. The minimum absolute atomic E-state index is 0. The number of halogens is 2. The van der Waals surface area contributed by atoms with Gasteiger partial charge in [-0.2, -0.15) is 12.5 Å². The standard InChI is InChI=1S/C20H21.C4H10N.2ClH.Ti/c1-12-13(2)15(4)20(14(12)3)19-11-10-17-8-6-7-9-18(17)16(19)5;1-4(2,3)5;;;/h6-11,14H,5H2,1-4H3;5H,1-3H3;2*1H;/q2*-1;;;+2/p-2. The number of hydrogen-bond acceptors (Lipinski definition) is 0. The fourth-order valence-electron chi connectivity index (χ4n) is 3.39. The van der Waals surface area contributed by atoms with E-state index < -0.39 is 0 Å². The van der Waals surface area contributed by atoms with Gasteiger partial charge in [0, 0.05) is 0 Å². The Morgan fingerprint density at radius 2 is 1.39 bits per heavy atom. The van der Waals surface area contributed by atoms with E-state index >= 15 is 0 Å². The zero-order valence-electron chi connectivity index (χ0n) is 18.0. The van der Waals surface area contributed by atoms with Gasteiger partial charge in [0.15, 0.2) is 0 Å². The Balaban J connectivity index is 0. The maximum atomic E-state index is 6.94. The van der Waals surface area contributed by atoms with Crippen molar-refractivity contribution in [3.8, 4) is 0 Å². The number of hydrogen-bond donors (Lipinski definition) is 0. The molecule has 0 saturated heterocycles.